The SMILES string of the molecule is C=C(CCC=CCCl)C(=O)O. The Morgan fingerprint density at radius 3 is 2.64 bits per heavy atom. The molecule has 0 spiro atoms. The largest absolute Gasteiger partial charge is 0.478 e. The lowest BCUT2D eigenvalue weighted by molar-refractivity contribution is -0.132. The van der Waals surface area contributed by atoms with Crippen LogP contribution in [0.4, 0.5) is 0 Å². The molecule has 0 unspecified atom stereocenters. The summed E-state index contributed by atoms with van der Waals surface area (Å²) in [7, 11) is 0. The van der Waals surface area contributed by atoms with Crippen LogP contribution in [0.25, 0.3) is 0 Å². The Labute approximate surface area is 71.2 Å². The summed E-state index contributed by atoms with van der Waals surface area (Å²) in [5.74, 6) is -0.455. The van der Waals surface area contributed by atoms with Crippen LogP contribution in [0.1, 0.15) is 12.8 Å². The van der Waals surface area contributed by atoms with E-state index in [0.717, 1.165) is 0 Å². The summed E-state index contributed by atoms with van der Waals surface area (Å²) in [6.07, 6.45) is 4.82. The summed E-state index contributed by atoms with van der Waals surface area (Å²) in [6, 6.07) is 0. The van der Waals surface area contributed by atoms with Crippen LogP contribution in [0.3, 0.4) is 0 Å². The average molecular weight is 175 g/mol. The molecule has 62 valence electrons. The number of rotatable bonds is 5. The van der Waals surface area contributed by atoms with Gasteiger partial charge in [0.15, 0.2) is 0 Å². The van der Waals surface area contributed by atoms with Gasteiger partial charge < -0.3 is 5.11 Å². The van der Waals surface area contributed by atoms with Gasteiger partial charge in [-0.2, -0.15) is 0 Å². The van der Waals surface area contributed by atoms with E-state index in [1.54, 1.807) is 6.08 Å². The number of carbonyl (C=O) groups is 1. The monoisotopic (exact) mass is 174 g/mol. The van der Waals surface area contributed by atoms with Crippen molar-refractivity contribution < 1.29 is 9.90 Å². The third kappa shape index (κ3) is 5.67. The highest BCUT2D eigenvalue weighted by molar-refractivity contribution is 6.18. The number of carboxylic acid groups (broad SMARTS) is 1. The molecule has 0 aromatic heterocycles. The summed E-state index contributed by atoms with van der Waals surface area (Å²) in [5.41, 5.74) is 0.240. The van der Waals surface area contributed by atoms with E-state index in [-0.39, 0.29) is 5.57 Å². The molecule has 0 aliphatic heterocycles. The minimum Gasteiger partial charge on any atom is -0.478 e. The number of hydrogen-bond donors (Lipinski definition) is 1. The summed E-state index contributed by atoms with van der Waals surface area (Å²) < 4.78 is 0. The van der Waals surface area contributed by atoms with Gasteiger partial charge in [-0.3, -0.25) is 0 Å². The first kappa shape index (κ1) is 10.2. The molecule has 0 aromatic carbocycles. The predicted octanol–water partition coefficient (Wildman–Crippen LogP) is 2.20. The number of alkyl halides is 1. The van der Waals surface area contributed by atoms with Gasteiger partial charge in [0.05, 0.1) is 0 Å². The number of carboxylic acids is 1. The average Bonchev–Trinajstić information content (AvgIpc) is 1.97. The molecule has 11 heavy (non-hydrogen) atoms. The standard InChI is InChI=1S/C8H11ClO2/c1-7(8(10)11)5-3-2-4-6-9/h2,4H,1,3,5-6H2,(H,10,11). The first-order chi connectivity index (χ1) is 5.18. The zero-order valence-electron chi connectivity index (χ0n) is 6.22. The maximum atomic E-state index is 10.2. The Kier molecular flexibility index (Phi) is 5.57. The van der Waals surface area contributed by atoms with Crippen LogP contribution in [0.15, 0.2) is 24.3 Å². The lowest BCUT2D eigenvalue weighted by Crippen LogP contribution is -1.97. The molecule has 0 aromatic rings. The zero-order chi connectivity index (χ0) is 8.69. The van der Waals surface area contributed by atoms with Gasteiger partial charge in [-0.15, -0.1) is 11.6 Å². The van der Waals surface area contributed by atoms with Gasteiger partial charge in [-0.05, 0) is 12.8 Å². The lowest BCUT2D eigenvalue weighted by Gasteiger charge is -1.94. The summed E-state index contributed by atoms with van der Waals surface area (Å²) in [5, 5.41) is 8.39. The molecule has 0 atom stereocenters. The van der Waals surface area contributed by atoms with Crippen LogP contribution >= 0.6 is 11.6 Å². The van der Waals surface area contributed by atoms with Gasteiger partial charge in [0.1, 0.15) is 0 Å². The molecule has 0 aliphatic rings. The highest BCUT2D eigenvalue weighted by Gasteiger charge is 2.00. The molecule has 0 rings (SSSR count). The van der Waals surface area contributed by atoms with E-state index in [2.05, 4.69) is 6.58 Å². The summed E-state index contributed by atoms with van der Waals surface area (Å²) in [6.45, 7) is 3.39. The molecular formula is C8H11ClO2. The highest BCUT2D eigenvalue weighted by Crippen LogP contribution is 2.02. The predicted molar refractivity (Wildman–Crippen MR) is 45.9 cm³/mol. The fourth-order valence-electron chi connectivity index (χ4n) is 0.545. The Morgan fingerprint density at radius 2 is 2.18 bits per heavy atom. The summed E-state index contributed by atoms with van der Waals surface area (Å²) >= 11 is 5.35. The fourth-order valence-corrected chi connectivity index (χ4v) is 0.671. The third-order valence-corrected chi connectivity index (χ3v) is 1.35. The van der Waals surface area contributed by atoms with Crippen molar-refractivity contribution in [1.29, 1.82) is 0 Å². The highest BCUT2D eigenvalue weighted by atomic mass is 35.5. The molecule has 1 N–H and O–H groups in total. The quantitative estimate of drug-likeness (QED) is 0.394. The zero-order valence-corrected chi connectivity index (χ0v) is 6.97. The van der Waals surface area contributed by atoms with Crippen molar-refractivity contribution in [1.82, 2.24) is 0 Å². The van der Waals surface area contributed by atoms with Gasteiger partial charge in [-0.1, -0.05) is 18.7 Å². The molecule has 0 heterocycles. The van der Waals surface area contributed by atoms with Crippen LogP contribution in [0.5, 0.6) is 0 Å². The fraction of sp³-hybridized carbons (Fsp3) is 0.375. The van der Waals surface area contributed by atoms with E-state index in [0.29, 0.717) is 18.7 Å². The Hall–Kier alpha value is -0.760. The first-order valence-electron chi connectivity index (χ1n) is 3.30. The smallest absolute Gasteiger partial charge is 0.330 e. The van der Waals surface area contributed by atoms with Crippen LogP contribution < -0.4 is 0 Å². The van der Waals surface area contributed by atoms with E-state index in [1.807, 2.05) is 6.08 Å². The second-order valence-electron chi connectivity index (χ2n) is 2.07. The van der Waals surface area contributed by atoms with E-state index in [9.17, 15) is 4.79 Å². The molecule has 2 nitrogen and oxygen atoms in total. The Morgan fingerprint density at radius 1 is 1.55 bits per heavy atom. The van der Waals surface area contributed by atoms with Crippen molar-refractivity contribution in [2.75, 3.05) is 5.88 Å². The third-order valence-electron chi connectivity index (χ3n) is 1.17. The minimum atomic E-state index is -0.927. The van der Waals surface area contributed by atoms with Gasteiger partial charge in [0.25, 0.3) is 0 Å². The second-order valence-corrected chi connectivity index (χ2v) is 2.38. The second kappa shape index (κ2) is 5.98. The molecule has 3 heteroatoms. The van der Waals surface area contributed by atoms with E-state index >= 15 is 0 Å². The first-order valence-corrected chi connectivity index (χ1v) is 3.84. The summed E-state index contributed by atoms with van der Waals surface area (Å²) in [4.78, 5) is 10.2. The van der Waals surface area contributed by atoms with Gasteiger partial charge >= 0.3 is 5.97 Å². The van der Waals surface area contributed by atoms with Crippen molar-refractivity contribution in [3.8, 4) is 0 Å². The van der Waals surface area contributed by atoms with Crippen LogP contribution in [-0.2, 0) is 4.79 Å². The van der Waals surface area contributed by atoms with Gasteiger partial charge in [0, 0.05) is 11.5 Å². The Balaban J connectivity index is 3.47. The van der Waals surface area contributed by atoms with E-state index < -0.39 is 5.97 Å². The number of aliphatic carboxylic acids is 1. The molecule has 0 radical (unpaired) electrons. The molecule has 0 bridgehead atoms. The number of halogens is 1. The minimum absolute atomic E-state index is 0.240. The van der Waals surface area contributed by atoms with Crippen molar-refractivity contribution in [2.45, 2.75) is 12.8 Å². The molecular weight excluding hydrogens is 164 g/mol. The van der Waals surface area contributed by atoms with Crippen LogP contribution in [0, 0.1) is 0 Å². The molecule has 0 saturated carbocycles. The number of allylic oxidation sites excluding steroid dienone is 2. The normalized spacial score (nSPS) is 10.3. The van der Waals surface area contributed by atoms with Gasteiger partial charge in [0.2, 0.25) is 0 Å². The molecule has 0 saturated heterocycles. The Bertz CT molecular complexity index is 173. The van der Waals surface area contributed by atoms with Crippen LogP contribution in [-0.4, -0.2) is 17.0 Å². The molecule has 0 amide bonds. The number of hydrogen-bond acceptors (Lipinski definition) is 1. The lowest BCUT2D eigenvalue weighted by atomic mass is 10.1. The van der Waals surface area contributed by atoms with Crippen molar-refractivity contribution in [2.24, 2.45) is 0 Å². The van der Waals surface area contributed by atoms with E-state index in [1.165, 1.54) is 0 Å². The van der Waals surface area contributed by atoms with E-state index in [4.69, 9.17) is 16.7 Å². The maximum Gasteiger partial charge on any atom is 0.330 e. The molecule has 0 fully saturated rings. The van der Waals surface area contributed by atoms with Crippen molar-refractivity contribution >= 4 is 17.6 Å². The van der Waals surface area contributed by atoms with Crippen molar-refractivity contribution in [3.05, 3.63) is 24.3 Å². The van der Waals surface area contributed by atoms with Crippen molar-refractivity contribution in [3.63, 3.8) is 0 Å². The molecule has 0 aliphatic carbocycles. The maximum absolute atomic E-state index is 10.2. The van der Waals surface area contributed by atoms with Gasteiger partial charge in [-0.25, -0.2) is 4.79 Å². The topological polar surface area (TPSA) is 37.3 Å². The van der Waals surface area contributed by atoms with Crippen LogP contribution in [0.2, 0.25) is 0 Å².